The van der Waals surface area contributed by atoms with Gasteiger partial charge in [-0.15, -0.1) is 11.3 Å². The summed E-state index contributed by atoms with van der Waals surface area (Å²) in [7, 11) is 0. The Kier molecular flexibility index (Phi) is 4.97. The van der Waals surface area contributed by atoms with E-state index in [9.17, 15) is 4.79 Å². The predicted molar refractivity (Wildman–Crippen MR) is 102 cm³/mol. The third-order valence-corrected chi connectivity index (χ3v) is 5.57. The van der Waals surface area contributed by atoms with Crippen LogP contribution in [0, 0.1) is 0 Å². The number of amides is 1. The molecule has 2 aromatic heterocycles. The molecule has 1 amide bonds. The zero-order valence-corrected chi connectivity index (χ0v) is 15.2. The molecule has 5 heteroatoms. The maximum absolute atomic E-state index is 13.0. The van der Waals surface area contributed by atoms with Crippen molar-refractivity contribution in [3.63, 3.8) is 0 Å². The lowest BCUT2D eigenvalue weighted by atomic mass is 10.1. The minimum atomic E-state index is 0.0766. The van der Waals surface area contributed by atoms with Gasteiger partial charge in [-0.25, -0.2) is 0 Å². The SMILES string of the molecule is O=C(c1cccc(OCc2cccnc2)c1)N1CCCC1c1cccs1. The van der Waals surface area contributed by atoms with E-state index in [4.69, 9.17) is 4.74 Å². The molecule has 1 atom stereocenters. The molecule has 1 saturated heterocycles. The first-order valence-corrected chi connectivity index (χ1v) is 9.65. The Morgan fingerprint density at radius 2 is 2.19 bits per heavy atom. The van der Waals surface area contributed by atoms with Gasteiger partial charge in [-0.2, -0.15) is 0 Å². The van der Waals surface area contributed by atoms with E-state index in [1.165, 1.54) is 4.88 Å². The van der Waals surface area contributed by atoms with Crippen molar-refractivity contribution in [3.05, 3.63) is 82.3 Å². The average molecular weight is 364 g/mol. The second kappa shape index (κ2) is 7.70. The number of nitrogens with zero attached hydrogens (tertiary/aromatic N) is 2. The number of pyridine rings is 1. The summed E-state index contributed by atoms with van der Waals surface area (Å²) in [5.41, 5.74) is 1.68. The topological polar surface area (TPSA) is 42.4 Å². The largest absolute Gasteiger partial charge is 0.489 e. The Balaban J connectivity index is 1.48. The van der Waals surface area contributed by atoms with Gasteiger partial charge >= 0.3 is 0 Å². The predicted octanol–water partition coefficient (Wildman–Crippen LogP) is 4.70. The summed E-state index contributed by atoms with van der Waals surface area (Å²) >= 11 is 1.72. The van der Waals surface area contributed by atoms with Crippen LogP contribution in [0.5, 0.6) is 5.75 Å². The van der Waals surface area contributed by atoms with E-state index < -0.39 is 0 Å². The smallest absolute Gasteiger partial charge is 0.254 e. The molecule has 1 unspecified atom stereocenters. The quantitative estimate of drug-likeness (QED) is 0.659. The molecule has 4 nitrogen and oxygen atoms in total. The van der Waals surface area contributed by atoms with Crippen LogP contribution in [0.25, 0.3) is 0 Å². The molecular weight excluding hydrogens is 344 g/mol. The zero-order chi connectivity index (χ0) is 17.8. The van der Waals surface area contributed by atoms with Crippen molar-refractivity contribution in [2.24, 2.45) is 0 Å². The lowest BCUT2D eigenvalue weighted by molar-refractivity contribution is 0.0737. The summed E-state index contributed by atoms with van der Waals surface area (Å²) in [5, 5.41) is 2.07. The van der Waals surface area contributed by atoms with Gasteiger partial charge in [0.25, 0.3) is 5.91 Å². The first-order chi connectivity index (χ1) is 12.8. The first-order valence-electron chi connectivity index (χ1n) is 8.77. The molecule has 0 N–H and O–H groups in total. The van der Waals surface area contributed by atoms with Gasteiger partial charge < -0.3 is 9.64 Å². The summed E-state index contributed by atoms with van der Waals surface area (Å²) < 4.78 is 5.84. The highest BCUT2D eigenvalue weighted by Gasteiger charge is 2.31. The molecule has 132 valence electrons. The van der Waals surface area contributed by atoms with Crippen LogP contribution in [-0.2, 0) is 6.61 Å². The standard InChI is InChI=1S/C21H20N2O2S/c24-21(23-11-3-8-19(23)20-9-4-12-26-20)17-6-1-7-18(13-17)25-15-16-5-2-10-22-14-16/h1-2,4-7,9-10,12-14,19H,3,8,11,15H2. The van der Waals surface area contributed by atoms with Crippen molar-refractivity contribution < 1.29 is 9.53 Å². The van der Waals surface area contributed by atoms with Crippen molar-refractivity contribution in [2.45, 2.75) is 25.5 Å². The second-order valence-corrected chi connectivity index (χ2v) is 7.33. The number of carbonyl (C=O) groups excluding carboxylic acids is 1. The fourth-order valence-electron chi connectivity index (χ4n) is 3.32. The molecular formula is C21H20N2O2S. The van der Waals surface area contributed by atoms with E-state index in [0.717, 1.165) is 24.9 Å². The number of aromatic nitrogens is 1. The van der Waals surface area contributed by atoms with Crippen molar-refractivity contribution in [3.8, 4) is 5.75 Å². The molecule has 0 saturated carbocycles. The van der Waals surface area contributed by atoms with E-state index in [2.05, 4.69) is 16.4 Å². The normalized spacial score (nSPS) is 16.6. The maximum atomic E-state index is 13.0. The van der Waals surface area contributed by atoms with Gasteiger partial charge in [0.15, 0.2) is 0 Å². The summed E-state index contributed by atoms with van der Waals surface area (Å²) in [6.07, 6.45) is 5.60. The fraction of sp³-hybridized carbons (Fsp3) is 0.238. The molecule has 0 spiro atoms. The van der Waals surface area contributed by atoms with E-state index in [1.807, 2.05) is 47.4 Å². The number of ether oxygens (including phenoxy) is 1. The monoisotopic (exact) mass is 364 g/mol. The van der Waals surface area contributed by atoms with Gasteiger partial charge in [0.05, 0.1) is 6.04 Å². The number of thiophene rings is 1. The van der Waals surface area contributed by atoms with Crippen molar-refractivity contribution >= 4 is 17.2 Å². The number of benzene rings is 1. The summed E-state index contributed by atoms with van der Waals surface area (Å²) in [4.78, 5) is 20.4. The van der Waals surface area contributed by atoms with Crippen LogP contribution in [0.3, 0.4) is 0 Å². The lowest BCUT2D eigenvalue weighted by Gasteiger charge is -2.24. The second-order valence-electron chi connectivity index (χ2n) is 6.35. The highest BCUT2D eigenvalue weighted by molar-refractivity contribution is 7.10. The molecule has 1 aliphatic heterocycles. The molecule has 1 fully saturated rings. The van der Waals surface area contributed by atoms with Crippen LogP contribution >= 0.6 is 11.3 Å². The van der Waals surface area contributed by atoms with Crippen LogP contribution in [0.15, 0.2) is 66.3 Å². The summed E-state index contributed by atoms with van der Waals surface area (Å²) in [5.74, 6) is 0.777. The third-order valence-electron chi connectivity index (χ3n) is 4.59. The molecule has 0 bridgehead atoms. The Morgan fingerprint density at radius 3 is 3.00 bits per heavy atom. The molecule has 0 aliphatic carbocycles. The van der Waals surface area contributed by atoms with Crippen LogP contribution in [0.4, 0.5) is 0 Å². The van der Waals surface area contributed by atoms with Gasteiger partial charge in [-0.05, 0) is 48.6 Å². The highest BCUT2D eigenvalue weighted by Crippen LogP contribution is 2.35. The highest BCUT2D eigenvalue weighted by atomic mass is 32.1. The minimum absolute atomic E-state index is 0.0766. The van der Waals surface area contributed by atoms with E-state index >= 15 is 0 Å². The maximum Gasteiger partial charge on any atom is 0.254 e. The molecule has 1 aromatic carbocycles. The van der Waals surface area contributed by atoms with E-state index in [-0.39, 0.29) is 11.9 Å². The van der Waals surface area contributed by atoms with Gasteiger partial charge in [-0.3, -0.25) is 9.78 Å². The molecule has 0 radical (unpaired) electrons. The van der Waals surface area contributed by atoms with Crippen LogP contribution in [-0.4, -0.2) is 22.3 Å². The third kappa shape index (κ3) is 3.63. The molecule has 4 rings (SSSR count). The average Bonchev–Trinajstić information content (AvgIpc) is 3.38. The van der Waals surface area contributed by atoms with Gasteiger partial charge in [0.1, 0.15) is 12.4 Å². The van der Waals surface area contributed by atoms with Gasteiger partial charge in [0.2, 0.25) is 0 Å². The molecule has 26 heavy (non-hydrogen) atoms. The number of hydrogen-bond donors (Lipinski definition) is 0. The van der Waals surface area contributed by atoms with Gasteiger partial charge in [0, 0.05) is 34.9 Å². The van der Waals surface area contributed by atoms with E-state index in [1.54, 1.807) is 23.7 Å². The van der Waals surface area contributed by atoms with E-state index in [0.29, 0.717) is 17.9 Å². The number of carbonyl (C=O) groups is 1. The van der Waals surface area contributed by atoms with Crippen molar-refractivity contribution in [2.75, 3.05) is 6.54 Å². The summed E-state index contributed by atoms with van der Waals surface area (Å²) in [6.45, 7) is 1.25. The number of likely N-dealkylation sites (tertiary alicyclic amines) is 1. The van der Waals surface area contributed by atoms with Crippen molar-refractivity contribution in [1.82, 2.24) is 9.88 Å². The lowest BCUT2D eigenvalue weighted by Crippen LogP contribution is -2.30. The number of hydrogen-bond acceptors (Lipinski definition) is 4. The Morgan fingerprint density at radius 1 is 1.23 bits per heavy atom. The zero-order valence-electron chi connectivity index (χ0n) is 14.4. The minimum Gasteiger partial charge on any atom is -0.489 e. The summed E-state index contributed by atoms with van der Waals surface area (Å²) in [6, 6.07) is 15.7. The molecule has 3 heterocycles. The Bertz CT molecular complexity index is 865. The molecule has 1 aliphatic rings. The fourth-order valence-corrected chi connectivity index (χ4v) is 4.19. The van der Waals surface area contributed by atoms with Gasteiger partial charge in [-0.1, -0.05) is 18.2 Å². The Hall–Kier alpha value is -2.66. The number of rotatable bonds is 5. The van der Waals surface area contributed by atoms with Crippen LogP contribution in [0.1, 0.15) is 39.7 Å². The molecule has 3 aromatic rings. The van der Waals surface area contributed by atoms with Crippen LogP contribution < -0.4 is 4.74 Å². The van der Waals surface area contributed by atoms with Crippen LogP contribution in [0.2, 0.25) is 0 Å². The first kappa shape index (κ1) is 16.8. The van der Waals surface area contributed by atoms with Crippen molar-refractivity contribution in [1.29, 1.82) is 0 Å². The Labute approximate surface area is 157 Å².